The number of fused-ring (bicyclic) bond motifs is 1. The molecule has 0 spiro atoms. The predicted molar refractivity (Wildman–Crippen MR) is 104 cm³/mol. The van der Waals surface area contributed by atoms with Crippen molar-refractivity contribution in [3.05, 3.63) is 70.4 Å². The normalized spacial score (nSPS) is 10.6. The summed E-state index contributed by atoms with van der Waals surface area (Å²) in [5.41, 5.74) is 2.01. The predicted octanol–water partition coefficient (Wildman–Crippen LogP) is 3.58. The summed E-state index contributed by atoms with van der Waals surface area (Å²) in [7, 11) is 0. The second-order valence-corrected chi connectivity index (χ2v) is 6.20. The molecule has 1 aromatic heterocycles. The lowest BCUT2D eigenvalue weighted by Crippen LogP contribution is -2.21. The second-order valence-electron chi connectivity index (χ2n) is 6.20. The molecule has 0 aliphatic heterocycles. The smallest absolute Gasteiger partial charge is 0.306 e. The van der Waals surface area contributed by atoms with Gasteiger partial charge in [0.25, 0.3) is 11.6 Å². The lowest BCUT2D eigenvalue weighted by atomic mass is 10.1. The van der Waals surface area contributed by atoms with E-state index >= 15 is 0 Å². The number of carbonyl (C=O) groups is 2. The van der Waals surface area contributed by atoms with Crippen molar-refractivity contribution < 1.29 is 19.2 Å². The molecule has 144 valence electrons. The number of aryl methyl sites for hydroxylation is 1. The maximum atomic E-state index is 11.9. The molecule has 0 fully saturated rings. The largest absolute Gasteiger partial charge is 0.456 e. The van der Waals surface area contributed by atoms with Gasteiger partial charge in [-0.25, -0.2) is 0 Å². The third-order valence-electron chi connectivity index (χ3n) is 4.24. The zero-order valence-electron chi connectivity index (χ0n) is 15.0. The average Bonchev–Trinajstić information content (AvgIpc) is 3.10. The Hall–Kier alpha value is -3.68. The van der Waals surface area contributed by atoms with Gasteiger partial charge in [0.1, 0.15) is 5.69 Å². The standard InChI is InChI=1S/C20H19N3O5/c24-19(22-17-9-3-4-10-18(17)23(26)27)13-28-20(25)11-5-6-14-12-21-16-8-2-1-7-15(14)16/h1-4,7-10,12,21H,5-6,11,13H2,(H,22,24). The maximum Gasteiger partial charge on any atom is 0.306 e. The van der Waals surface area contributed by atoms with E-state index in [9.17, 15) is 19.7 Å². The number of anilines is 1. The van der Waals surface area contributed by atoms with E-state index in [4.69, 9.17) is 4.74 Å². The van der Waals surface area contributed by atoms with Crippen LogP contribution in [0, 0.1) is 10.1 Å². The van der Waals surface area contributed by atoms with Gasteiger partial charge in [0.2, 0.25) is 0 Å². The zero-order valence-corrected chi connectivity index (χ0v) is 15.0. The minimum atomic E-state index is -0.626. The molecule has 0 saturated heterocycles. The number of nitro groups is 1. The molecule has 0 saturated carbocycles. The van der Waals surface area contributed by atoms with Crippen molar-refractivity contribution in [3.63, 3.8) is 0 Å². The molecule has 1 amide bonds. The molecule has 0 bridgehead atoms. The fourth-order valence-electron chi connectivity index (χ4n) is 2.90. The number of nitro benzene ring substituents is 1. The van der Waals surface area contributed by atoms with Crippen LogP contribution in [-0.4, -0.2) is 28.4 Å². The van der Waals surface area contributed by atoms with E-state index in [0.717, 1.165) is 16.5 Å². The number of amides is 1. The van der Waals surface area contributed by atoms with Crippen LogP contribution in [0.2, 0.25) is 0 Å². The van der Waals surface area contributed by atoms with Crippen LogP contribution in [0.5, 0.6) is 0 Å². The van der Waals surface area contributed by atoms with Crippen molar-refractivity contribution in [2.75, 3.05) is 11.9 Å². The first-order valence-electron chi connectivity index (χ1n) is 8.78. The molecule has 0 aliphatic carbocycles. The molecule has 0 aliphatic rings. The molecule has 0 atom stereocenters. The minimum absolute atomic E-state index is 0.0629. The number of carbonyl (C=O) groups excluding carboxylic acids is 2. The van der Waals surface area contributed by atoms with Gasteiger partial charge in [-0.3, -0.25) is 19.7 Å². The Labute approximate surface area is 160 Å². The van der Waals surface area contributed by atoms with Gasteiger partial charge < -0.3 is 15.0 Å². The van der Waals surface area contributed by atoms with Gasteiger partial charge in [-0.1, -0.05) is 30.3 Å². The number of hydrogen-bond acceptors (Lipinski definition) is 5. The molecule has 1 heterocycles. The van der Waals surface area contributed by atoms with Crippen LogP contribution in [-0.2, 0) is 20.7 Å². The number of rotatable bonds is 8. The van der Waals surface area contributed by atoms with Crippen LogP contribution in [0.25, 0.3) is 10.9 Å². The summed E-state index contributed by atoms with van der Waals surface area (Å²) in [6.45, 7) is -0.488. The summed E-state index contributed by atoms with van der Waals surface area (Å²) in [4.78, 5) is 37.3. The SMILES string of the molecule is O=C(COC(=O)CCCc1c[nH]c2ccccc12)Nc1ccccc1[N+](=O)[O-]. The summed E-state index contributed by atoms with van der Waals surface area (Å²) in [5, 5.41) is 14.4. The number of para-hydroxylation sites is 3. The van der Waals surface area contributed by atoms with Gasteiger partial charge in [0.05, 0.1) is 4.92 Å². The van der Waals surface area contributed by atoms with Crippen LogP contribution < -0.4 is 5.32 Å². The Bertz CT molecular complexity index is 1010. The third-order valence-corrected chi connectivity index (χ3v) is 4.24. The molecular formula is C20H19N3O5. The fourth-order valence-corrected chi connectivity index (χ4v) is 2.90. The van der Waals surface area contributed by atoms with Crippen LogP contribution >= 0.6 is 0 Å². The molecule has 0 radical (unpaired) electrons. The molecule has 8 heteroatoms. The first kappa shape index (κ1) is 19.1. The fraction of sp³-hybridized carbons (Fsp3) is 0.200. The number of hydrogen-bond donors (Lipinski definition) is 2. The highest BCUT2D eigenvalue weighted by Crippen LogP contribution is 2.23. The van der Waals surface area contributed by atoms with Gasteiger partial charge >= 0.3 is 5.97 Å². The van der Waals surface area contributed by atoms with E-state index in [0.29, 0.717) is 12.8 Å². The Morgan fingerprint density at radius 2 is 1.86 bits per heavy atom. The van der Waals surface area contributed by atoms with E-state index in [1.807, 2.05) is 30.5 Å². The van der Waals surface area contributed by atoms with Crippen molar-refractivity contribution >= 4 is 34.2 Å². The van der Waals surface area contributed by atoms with Gasteiger partial charge in [0.15, 0.2) is 6.61 Å². The van der Waals surface area contributed by atoms with Crippen LogP contribution in [0.1, 0.15) is 18.4 Å². The molecule has 2 N–H and O–H groups in total. The van der Waals surface area contributed by atoms with E-state index in [2.05, 4.69) is 10.3 Å². The molecule has 2 aromatic carbocycles. The highest BCUT2D eigenvalue weighted by atomic mass is 16.6. The van der Waals surface area contributed by atoms with Crippen LogP contribution in [0.3, 0.4) is 0 Å². The van der Waals surface area contributed by atoms with Crippen LogP contribution in [0.15, 0.2) is 54.7 Å². The van der Waals surface area contributed by atoms with Crippen molar-refractivity contribution in [1.29, 1.82) is 0 Å². The molecule has 3 aromatic rings. The Kier molecular flexibility index (Phi) is 6.01. The van der Waals surface area contributed by atoms with Crippen molar-refractivity contribution in [2.24, 2.45) is 0 Å². The second kappa shape index (κ2) is 8.81. The lowest BCUT2D eigenvalue weighted by molar-refractivity contribution is -0.383. The summed E-state index contributed by atoms with van der Waals surface area (Å²) in [6, 6.07) is 13.7. The molecule has 28 heavy (non-hydrogen) atoms. The van der Waals surface area contributed by atoms with Gasteiger partial charge in [-0.05, 0) is 30.5 Å². The van der Waals surface area contributed by atoms with E-state index in [1.54, 1.807) is 6.07 Å². The van der Waals surface area contributed by atoms with E-state index < -0.39 is 23.4 Å². The van der Waals surface area contributed by atoms with Crippen LogP contribution in [0.4, 0.5) is 11.4 Å². The molecular weight excluding hydrogens is 362 g/mol. The summed E-state index contributed by atoms with van der Waals surface area (Å²) in [6.07, 6.45) is 3.41. The number of aromatic amines is 1. The maximum absolute atomic E-state index is 11.9. The van der Waals surface area contributed by atoms with Gasteiger partial charge in [-0.2, -0.15) is 0 Å². The van der Waals surface area contributed by atoms with Crippen molar-refractivity contribution in [1.82, 2.24) is 4.98 Å². The topological polar surface area (TPSA) is 114 Å². The monoisotopic (exact) mass is 381 g/mol. The van der Waals surface area contributed by atoms with Gasteiger partial charge in [0, 0.05) is 29.6 Å². The first-order valence-corrected chi connectivity index (χ1v) is 8.78. The average molecular weight is 381 g/mol. The Morgan fingerprint density at radius 1 is 1.11 bits per heavy atom. The number of aromatic nitrogens is 1. The molecule has 0 unspecified atom stereocenters. The summed E-state index contributed by atoms with van der Waals surface area (Å²) in [5.74, 6) is -1.11. The first-order chi connectivity index (χ1) is 13.5. The number of nitrogens with one attached hydrogen (secondary N) is 2. The van der Waals surface area contributed by atoms with Gasteiger partial charge in [-0.15, -0.1) is 0 Å². The Balaban J connectivity index is 1.43. The van der Waals surface area contributed by atoms with Crippen molar-refractivity contribution in [2.45, 2.75) is 19.3 Å². The lowest BCUT2D eigenvalue weighted by Gasteiger charge is -2.07. The zero-order chi connectivity index (χ0) is 19.9. The van der Waals surface area contributed by atoms with E-state index in [1.165, 1.54) is 18.2 Å². The highest BCUT2D eigenvalue weighted by molar-refractivity contribution is 5.94. The van der Waals surface area contributed by atoms with E-state index in [-0.39, 0.29) is 17.8 Å². The van der Waals surface area contributed by atoms with Crippen molar-refractivity contribution in [3.8, 4) is 0 Å². The molecule has 3 rings (SSSR count). The quantitative estimate of drug-likeness (QED) is 0.352. The number of H-pyrrole nitrogens is 1. The molecule has 8 nitrogen and oxygen atoms in total. The number of nitrogens with zero attached hydrogens (tertiary/aromatic N) is 1. The highest BCUT2D eigenvalue weighted by Gasteiger charge is 2.15. The number of ether oxygens (including phenoxy) is 1. The minimum Gasteiger partial charge on any atom is -0.456 e. The Morgan fingerprint density at radius 3 is 2.68 bits per heavy atom. The summed E-state index contributed by atoms with van der Waals surface area (Å²) < 4.78 is 4.95. The summed E-state index contributed by atoms with van der Waals surface area (Å²) >= 11 is 0. The number of benzene rings is 2. The number of esters is 1. The third kappa shape index (κ3) is 4.73.